The molecule has 0 saturated carbocycles. The van der Waals surface area contributed by atoms with Gasteiger partial charge in [0.15, 0.2) is 0 Å². The minimum Gasteiger partial charge on any atom is -0.0620 e. The van der Waals surface area contributed by atoms with Gasteiger partial charge < -0.3 is 0 Å². The molecule has 1 aliphatic rings. The van der Waals surface area contributed by atoms with Gasteiger partial charge in [-0.3, -0.25) is 0 Å². The van der Waals surface area contributed by atoms with Crippen LogP contribution in [0.5, 0.6) is 0 Å². The summed E-state index contributed by atoms with van der Waals surface area (Å²) in [6, 6.07) is 45.0. The highest BCUT2D eigenvalue weighted by molar-refractivity contribution is 6.26. The van der Waals surface area contributed by atoms with Gasteiger partial charge in [-0.25, -0.2) is 0 Å². The molecule has 0 saturated heterocycles. The summed E-state index contributed by atoms with van der Waals surface area (Å²) < 4.78 is 0. The fourth-order valence-corrected chi connectivity index (χ4v) is 6.75. The van der Waals surface area contributed by atoms with Crippen molar-refractivity contribution in [3.8, 4) is 44.5 Å². The zero-order chi connectivity index (χ0) is 25.4. The molecule has 0 heteroatoms. The van der Waals surface area contributed by atoms with E-state index in [4.69, 9.17) is 0 Å². The van der Waals surface area contributed by atoms with Crippen LogP contribution in [0.3, 0.4) is 0 Å². The van der Waals surface area contributed by atoms with Crippen molar-refractivity contribution in [3.05, 3.63) is 132 Å². The predicted octanol–water partition coefficient (Wildman–Crippen LogP) is 10.7. The third kappa shape index (κ3) is 2.86. The van der Waals surface area contributed by atoms with Crippen molar-refractivity contribution in [1.82, 2.24) is 0 Å². The molecule has 7 aromatic carbocycles. The molecule has 0 aromatic heterocycles. The van der Waals surface area contributed by atoms with E-state index in [1.807, 2.05) is 0 Å². The fraction of sp³-hybridized carbons (Fsp3) is 0.0526. The minimum absolute atomic E-state index is 1.30. The maximum atomic E-state index is 2.48. The van der Waals surface area contributed by atoms with E-state index in [0.717, 1.165) is 0 Å². The summed E-state index contributed by atoms with van der Waals surface area (Å²) in [5.74, 6) is 0. The van der Waals surface area contributed by atoms with Crippen molar-refractivity contribution in [2.24, 2.45) is 0 Å². The molecule has 8 rings (SSSR count). The van der Waals surface area contributed by atoms with Crippen LogP contribution >= 0.6 is 0 Å². The van der Waals surface area contributed by atoms with Crippen LogP contribution in [0.2, 0.25) is 0 Å². The number of hydrogen-bond acceptors (Lipinski definition) is 0. The lowest BCUT2D eigenvalue weighted by Crippen LogP contribution is -1.94. The second kappa shape index (κ2) is 7.91. The van der Waals surface area contributed by atoms with Crippen molar-refractivity contribution in [2.75, 3.05) is 0 Å². The molecule has 0 unspecified atom stereocenters. The molecule has 0 spiro atoms. The Morgan fingerprint density at radius 3 is 1.24 bits per heavy atom. The molecule has 0 fully saturated rings. The zero-order valence-electron chi connectivity index (χ0n) is 21.5. The average Bonchev–Trinajstić information content (AvgIpc) is 3.26. The van der Waals surface area contributed by atoms with Gasteiger partial charge in [0, 0.05) is 0 Å². The standard InChI is InChI=1S/C38H26/c1-23-11-3-5-15-26(23)37-28-17-7-8-18-29(28)38(27-16-6-4-12-24(27)2)35-22-33-31-20-10-14-25-13-9-19-30(36(25)31)32(33)21-34(35)37/h3-22H,1-2H3. The van der Waals surface area contributed by atoms with E-state index in [1.54, 1.807) is 0 Å². The molecular weight excluding hydrogens is 456 g/mol. The average molecular weight is 483 g/mol. The molecule has 38 heavy (non-hydrogen) atoms. The summed E-state index contributed by atoms with van der Waals surface area (Å²) in [6.07, 6.45) is 0. The normalized spacial score (nSPS) is 11.9. The largest absolute Gasteiger partial charge is 0.0620 e. The molecule has 178 valence electrons. The molecule has 1 aliphatic carbocycles. The molecule has 0 bridgehead atoms. The Kier molecular flexibility index (Phi) is 4.46. The van der Waals surface area contributed by atoms with E-state index in [1.165, 1.54) is 88.0 Å². The summed E-state index contributed by atoms with van der Waals surface area (Å²) in [6.45, 7) is 4.46. The topological polar surface area (TPSA) is 0 Å². The van der Waals surface area contributed by atoms with E-state index in [-0.39, 0.29) is 0 Å². The smallest absolute Gasteiger partial charge is 0.00235 e. The summed E-state index contributed by atoms with van der Waals surface area (Å²) in [5, 5.41) is 7.94. The SMILES string of the molecule is Cc1ccccc1-c1c2ccccc2c(-c2ccccc2C)c2cc3c(cc12)-c1cccc2cccc-3c12. The summed E-state index contributed by atoms with van der Waals surface area (Å²) in [7, 11) is 0. The van der Waals surface area contributed by atoms with Gasteiger partial charge in [0.2, 0.25) is 0 Å². The Labute approximate surface area is 222 Å². The predicted molar refractivity (Wildman–Crippen MR) is 164 cm³/mol. The first-order valence-electron chi connectivity index (χ1n) is 13.4. The van der Waals surface area contributed by atoms with Crippen LogP contribution in [0, 0.1) is 13.8 Å². The Morgan fingerprint density at radius 2 is 0.763 bits per heavy atom. The molecule has 0 aliphatic heterocycles. The molecular formula is C38H26. The highest BCUT2D eigenvalue weighted by atomic mass is 14.3. The number of hydrogen-bond donors (Lipinski definition) is 0. The number of fused-ring (bicyclic) bond motifs is 5. The van der Waals surface area contributed by atoms with Crippen molar-refractivity contribution < 1.29 is 0 Å². The molecule has 0 amide bonds. The number of benzene rings is 7. The van der Waals surface area contributed by atoms with Gasteiger partial charge in [-0.05, 0) is 114 Å². The first-order valence-corrected chi connectivity index (χ1v) is 13.4. The van der Waals surface area contributed by atoms with Gasteiger partial charge in [-0.1, -0.05) is 109 Å². The van der Waals surface area contributed by atoms with Crippen LogP contribution < -0.4 is 0 Å². The van der Waals surface area contributed by atoms with Crippen molar-refractivity contribution in [2.45, 2.75) is 13.8 Å². The maximum absolute atomic E-state index is 2.48. The Hall–Kier alpha value is -4.68. The summed E-state index contributed by atoms with van der Waals surface area (Å²) in [4.78, 5) is 0. The number of aryl methyl sites for hydroxylation is 2. The quantitative estimate of drug-likeness (QED) is 0.215. The second-order valence-corrected chi connectivity index (χ2v) is 10.6. The van der Waals surface area contributed by atoms with E-state index in [0.29, 0.717) is 0 Å². The van der Waals surface area contributed by atoms with Crippen LogP contribution in [0.25, 0.3) is 76.8 Å². The van der Waals surface area contributed by atoms with Crippen molar-refractivity contribution in [3.63, 3.8) is 0 Å². The van der Waals surface area contributed by atoms with Gasteiger partial charge in [0.25, 0.3) is 0 Å². The fourth-order valence-electron chi connectivity index (χ4n) is 6.75. The zero-order valence-corrected chi connectivity index (χ0v) is 21.5. The molecule has 0 atom stereocenters. The first-order chi connectivity index (χ1) is 18.7. The van der Waals surface area contributed by atoms with Gasteiger partial charge in [0.05, 0.1) is 0 Å². The Balaban J connectivity index is 1.63. The Morgan fingerprint density at radius 1 is 0.342 bits per heavy atom. The molecule has 0 N–H and O–H groups in total. The lowest BCUT2D eigenvalue weighted by Gasteiger charge is -2.21. The number of rotatable bonds is 2. The van der Waals surface area contributed by atoms with E-state index in [9.17, 15) is 0 Å². The Bertz CT molecular complexity index is 1940. The summed E-state index contributed by atoms with van der Waals surface area (Å²) >= 11 is 0. The monoisotopic (exact) mass is 482 g/mol. The lowest BCUT2D eigenvalue weighted by molar-refractivity contribution is 1.47. The van der Waals surface area contributed by atoms with Crippen LogP contribution in [-0.4, -0.2) is 0 Å². The maximum Gasteiger partial charge on any atom is -0.00235 e. The highest BCUT2D eigenvalue weighted by Gasteiger charge is 2.25. The van der Waals surface area contributed by atoms with E-state index in [2.05, 4.69) is 135 Å². The second-order valence-electron chi connectivity index (χ2n) is 10.6. The minimum atomic E-state index is 1.30. The van der Waals surface area contributed by atoms with E-state index >= 15 is 0 Å². The van der Waals surface area contributed by atoms with Gasteiger partial charge in [0.1, 0.15) is 0 Å². The molecule has 7 aromatic rings. The lowest BCUT2D eigenvalue weighted by atomic mass is 9.82. The molecule has 0 heterocycles. The van der Waals surface area contributed by atoms with Crippen LogP contribution in [0.1, 0.15) is 11.1 Å². The van der Waals surface area contributed by atoms with Gasteiger partial charge >= 0.3 is 0 Å². The molecule has 0 radical (unpaired) electrons. The molecule has 0 nitrogen and oxygen atoms in total. The van der Waals surface area contributed by atoms with E-state index < -0.39 is 0 Å². The van der Waals surface area contributed by atoms with Crippen LogP contribution in [0.15, 0.2) is 121 Å². The van der Waals surface area contributed by atoms with Gasteiger partial charge in [-0.15, -0.1) is 0 Å². The van der Waals surface area contributed by atoms with Crippen LogP contribution in [-0.2, 0) is 0 Å². The first kappa shape index (κ1) is 21.4. The highest BCUT2D eigenvalue weighted by Crippen LogP contribution is 2.52. The third-order valence-electron chi connectivity index (χ3n) is 8.48. The van der Waals surface area contributed by atoms with Crippen molar-refractivity contribution >= 4 is 32.3 Å². The third-order valence-corrected chi connectivity index (χ3v) is 8.48. The van der Waals surface area contributed by atoms with Gasteiger partial charge in [-0.2, -0.15) is 0 Å². The summed E-state index contributed by atoms with van der Waals surface area (Å²) in [5.41, 5.74) is 13.2. The van der Waals surface area contributed by atoms with Crippen LogP contribution in [0.4, 0.5) is 0 Å². The van der Waals surface area contributed by atoms with Crippen molar-refractivity contribution in [1.29, 1.82) is 0 Å².